The summed E-state index contributed by atoms with van der Waals surface area (Å²) < 4.78 is 0. The van der Waals surface area contributed by atoms with E-state index in [0.29, 0.717) is 0 Å². The molecule has 3 N–H and O–H groups in total. The molecule has 1 saturated heterocycles. The highest BCUT2D eigenvalue weighted by Gasteiger charge is 2.35. The van der Waals surface area contributed by atoms with Crippen LogP contribution >= 0.6 is 11.3 Å². The van der Waals surface area contributed by atoms with Gasteiger partial charge in [-0.3, -0.25) is 9.69 Å². The van der Waals surface area contributed by atoms with Gasteiger partial charge in [0.15, 0.2) is 0 Å². The molecule has 4 nitrogen and oxygen atoms in total. The van der Waals surface area contributed by atoms with E-state index in [2.05, 4.69) is 22.3 Å². The molecule has 24 heavy (non-hydrogen) atoms. The summed E-state index contributed by atoms with van der Waals surface area (Å²) in [5.74, 6) is 0.889. The third kappa shape index (κ3) is 4.38. The number of nitrogens with zero attached hydrogens (tertiary/aromatic N) is 1. The van der Waals surface area contributed by atoms with Gasteiger partial charge >= 0.3 is 0 Å². The first-order valence-corrected chi connectivity index (χ1v) is 10.2. The van der Waals surface area contributed by atoms with Gasteiger partial charge in [-0.1, -0.05) is 19.3 Å². The summed E-state index contributed by atoms with van der Waals surface area (Å²) in [6.07, 6.45) is 7.58. The van der Waals surface area contributed by atoms with Crippen molar-refractivity contribution in [1.29, 1.82) is 0 Å². The zero-order valence-corrected chi connectivity index (χ0v) is 15.8. The van der Waals surface area contributed by atoms with E-state index in [1.807, 2.05) is 25.2 Å². The third-order valence-corrected chi connectivity index (χ3v) is 6.45. The number of thiophene rings is 1. The van der Waals surface area contributed by atoms with E-state index in [1.165, 1.54) is 41.9 Å². The van der Waals surface area contributed by atoms with Crippen LogP contribution < -0.4 is 11.1 Å². The molecule has 1 aliphatic heterocycles. The van der Waals surface area contributed by atoms with Crippen molar-refractivity contribution in [3.63, 3.8) is 0 Å². The van der Waals surface area contributed by atoms with E-state index in [0.717, 1.165) is 25.4 Å². The monoisotopic (exact) mass is 349 g/mol. The van der Waals surface area contributed by atoms with Crippen molar-refractivity contribution < 1.29 is 4.79 Å². The zero-order valence-electron chi connectivity index (χ0n) is 15.0. The van der Waals surface area contributed by atoms with E-state index < -0.39 is 0 Å². The number of hydrogen-bond acceptors (Lipinski definition) is 4. The Bertz CT molecular complexity index is 551. The molecule has 0 spiro atoms. The molecule has 1 aromatic heterocycles. The predicted molar refractivity (Wildman–Crippen MR) is 100 cm³/mol. The Kier molecular flexibility index (Phi) is 5.95. The molecular weight excluding hydrogens is 318 g/mol. The van der Waals surface area contributed by atoms with Gasteiger partial charge in [0.1, 0.15) is 0 Å². The molecule has 1 saturated carbocycles. The van der Waals surface area contributed by atoms with Crippen LogP contribution in [0.2, 0.25) is 0 Å². The van der Waals surface area contributed by atoms with Crippen LogP contribution in [0, 0.1) is 0 Å². The van der Waals surface area contributed by atoms with Gasteiger partial charge in [0.2, 0.25) is 5.91 Å². The number of nitrogens with two attached hydrogens (primary N) is 1. The lowest BCUT2D eigenvalue weighted by Gasteiger charge is -2.24. The van der Waals surface area contributed by atoms with Gasteiger partial charge < -0.3 is 11.1 Å². The van der Waals surface area contributed by atoms with E-state index in [4.69, 9.17) is 5.73 Å². The smallest absolute Gasteiger partial charge is 0.237 e. The molecule has 5 heteroatoms. The van der Waals surface area contributed by atoms with Gasteiger partial charge in [-0.25, -0.2) is 0 Å². The van der Waals surface area contributed by atoms with Crippen LogP contribution in [0.5, 0.6) is 0 Å². The van der Waals surface area contributed by atoms with Crippen molar-refractivity contribution in [2.24, 2.45) is 5.73 Å². The second kappa shape index (κ2) is 7.98. The number of likely N-dealkylation sites (tertiary alicyclic amines) is 1. The van der Waals surface area contributed by atoms with E-state index in [1.54, 1.807) is 0 Å². The minimum Gasteiger partial charge on any atom is -0.353 e. The molecule has 0 bridgehead atoms. The highest BCUT2D eigenvalue weighted by molar-refractivity contribution is 7.12. The Hall–Kier alpha value is -0.910. The fraction of sp³-hybridized carbons (Fsp3) is 0.737. The molecule has 134 valence electrons. The lowest BCUT2D eigenvalue weighted by molar-refractivity contribution is -0.126. The van der Waals surface area contributed by atoms with Crippen molar-refractivity contribution in [3.8, 4) is 0 Å². The molecule has 3 rings (SSSR count). The molecule has 0 radical (unpaired) electrons. The molecule has 1 amide bonds. The predicted octanol–water partition coefficient (Wildman–Crippen LogP) is 3.22. The van der Waals surface area contributed by atoms with Gasteiger partial charge in [-0.2, -0.15) is 0 Å². The Morgan fingerprint density at radius 3 is 2.79 bits per heavy atom. The van der Waals surface area contributed by atoms with Gasteiger partial charge in [-0.05, 0) is 51.2 Å². The number of hydrogen-bond donors (Lipinski definition) is 2. The number of rotatable bonds is 5. The van der Waals surface area contributed by atoms with Gasteiger partial charge in [0.25, 0.3) is 0 Å². The number of amides is 1. The van der Waals surface area contributed by atoms with Crippen molar-refractivity contribution in [2.45, 2.75) is 83.0 Å². The van der Waals surface area contributed by atoms with Crippen LogP contribution in [0.25, 0.3) is 0 Å². The van der Waals surface area contributed by atoms with Crippen molar-refractivity contribution in [2.75, 3.05) is 6.54 Å². The first-order chi connectivity index (χ1) is 11.5. The van der Waals surface area contributed by atoms with E-state index in [-0.39, 0.29) is 24.0 Å². The molecule has 0 unspecified atom stereocenters. The molecule has 2 aliphatic rings. The summed E-state index contributed by atoms with van der Waals surface area (Å²) in [7, 11) is 0. The topological polar surface area (TPSA) is 58.4 Å². The third-order valence-electron chi connectivity index (χ3n) is 5.22. The maximum Gasteiger partial charge on any atom is 0.237 e. The molecule has 2 atom stereocenters. The SMILES string of the molecule is CC(C)NC(=O)[C@@H]1C[C@@H](N)CN1Cc1ccc(C2CCCCC2)s1. The van der Waals surface area contributed by atoms with Crippen molar-refractivity contribution in [1.82, 2.24) is 10.2 Å². The normalized spacial score (nSPS) is 26.2. The summed E-state index contributed by atoms with van der Waals surface area (Å²) in [5, 5.41) is 3.05. The first-order valence-electron chi connectivity index (χ1n) is 9.41. The Morgan fingerprint density at radius 1 is 1.33 bits per heavy atom. The second-order valence-corrected chi connectivity index (χ2v) is 8.94. The number of nitrogens with one attached hydrogen (secondary N) is 1. The zero-order chi connectivity index (χ0) is 17.1. The molecule has 1 aliphatic carbocycles. The van der Waals surface area contributed by atoms with Crippen LogP contribution in [0.4, 0.5) is 0 Å². The summed E-state index contributed by atoms with van der Waals surface area (Å²) in [6.45, 7) is 5.67. The molecule has 1 aromatic rings. The Labute approximate surface area is 149 Å². The van der Waals surface area contributed by atoms with Crippen molar-refractivity contribution >= 4 is 17.2 Å². The maximum absolute atomic E-state index is 12.4. The van der Waals surface area contributed by atoms with Gasteiger partial charge in [-0.15, -0.1) is 11.3 Å². The molecule has 0 aromatic carbocycles. The summed E-state index contributed by atoms with van der Waals surface area (Å²) >= 11 is 1.94. The first kappa shape index (κ1) is 17.9. The van der Waals surface area contributed by atoms with Crippen LogP contribution in [-0.2, 0) is 11.3 Å². The van der Waals surface area contributed by atoms with Gasteiger partial charge in [0.05, 0.1) is 6.04 Å². The van der Waals surface area contributed by atoms with Crippen molar-refractivity contribution in [3.05, 3.63) is 21.9 Å². The standard InChI is InChI=1S/C19H31N3OS/c1-13(2)21-19(23)17-10-15(20)11-22(17)12-16-8-9-18(24-16)14-6-4-3-5-7-14/h8-9,13-15,17H,3-7,10-12,20H2,1-2H3,(H,21,23)/t15-,17+/m1/s1. The summed E-state index contributed by atoms with van der Waals surface area (Å²) in [6, 6.07) is 4.77. The Balaban J connectivity index is 1.63. The van der Waals surface area contributed by atoms with Crippen LogP contribution in [0.3, 0.4) is 0 Å². The molecule has 2 fully saturated rings. The largest absolute Gasteiger partial charge is 0.353 e. The van der Waals surface area contributed by atoms with Crippen LogP contribution in [-0.4, -0.2) is 35.5 Å². The highest BCUT2D eigenvalue weighted by atomic mass is 32.1. The summed E-state index contributed by atoms with van der Waals surface area (Å²) in [4.78, 5) is 17.6. The lowest BCUT2D eigenvalue weighted by Crippen LogP contribution is -2.45. The lowest BCUT2D eigenvalue weighted by atomic mass is 9.88. The maximum atomic E-state index is 12.4. The fourth-order valence-electron chi connectivity index (χ4n) is 4.05. The number of carbonyl (C=O) groups is 1. The minimum atomic E-state index is -0.0809. The highest BCUT2D eigenvalue weighted by Crippen LogP contribution is 2.37. The summed E-state index contributed by atoms with van der Waals surface area (Å²) in [5.41, 5.74) is 6.14. The average Bonchev–Trinajstić information content (AvgIpc) is 3.15. The van der Waals surface area contributed by atoms with E-state index in [9.17, 15) is 4.79 Å². The van der Waals surface area contributed by atoms with E-state index >= 15 is 0 Å². The van der Waals surface area contributed by atoms with Crippen LogP contribution in [0.15, 0.2) is 12.1 Å². The van der Waals surface area contributed by atoms with Crippen LogP contribution in [0.1, 0.15) is 68.0 Å². The quantitative estimate of drug-likeness (QED) is 0.858. The second-order valence-electron chi connectivity index (χ2n) is 7.74. The Morgan fingerprint density at radius 2 is 2.08 bits per heavy atom. The molecular formula is C19H31N3OS. The minimum absolute atomic E-state index is 0.0809. The average molecular weight is 350 g/mol. The van der Waals surface area contributed by atoms with Gasteiger partial charge in [0, 0.05) is 34.9 Å². The molecule has 2 heterocycles. The fourth-order valence-corrected chi connectivity index (χ4v) is 5.26. The number of carbonyl (C=O) groups excluding carboxylic acids is 1.